The van der Waals surface area contributed by atoms with Crippen LogP contribution in [0.1, 0.15) is 0 Å². The summed E-state index contributed by atoms with van der Waals surface area (Å²) in [6, 6.07) is 10.9. The largest absolute Gasteiger partial charge is 0.322 e. The van der Waals surface area contributed by atoms with Gasteiger partial charge in [-0.25, -0.2) is 9.97 Å². The van der Waals surface area contributed by atoms with Crippen molar-refractivity contribution in [2.45, 2.75) is 10.2 Å². The van der Waals surface area contributed by atoms with E-state index in [0.29, 0.717) is 5.03 Å². The van der Waals surface area contributed by atoms with Gasteiger partial charge < -0.3 is 4.57 Å². The molecule has 0 radical (unpaired) electrons. The first-order valence-electron chi connectivity index (χ1n) is 5.85. The van der Waals surface area contributed by atoms with Gasteiger partial charge in [-0.05, 0) is 30.0 Å². The number of fused-ring (bicyclic) bond motifs is 1. The number of para-hydroxylation sites is 2. The van der Waals surface area contributed by atoms with Gasteiger partial charge in [0.25, 0.3) is 5.69 Å². The number of imidazole rings is 1. The Bertz CT molecular complexity index is 783. The molecule has 0 bridgehead atoms. The molecule has 0 aliphatic heterocycles. The molecule has 3 rings (SSSR count). The van der Waals surface area contributed by atoms with Crippen molar-refractivity contribution in [3.05, 3.63) is 52.7 Å². The van der Waals surface area contributed by atoms with Gasteiger partial charge in [-0.2, -0.15) is 0 Å². The summed E-state index contributed by atoms with van der Waals surface area (Å²) in [5.41, 5.74) is 1.94. The van der Waals surface area contributed by atoms with Crippen LogP contribution in [0.3, 0.4) is 0 Å². The van der Waals surface area contributed by atoms with Crippen LogP contribution < -0.4 is 0 Å². The van der Waals surface area contributed by atoms with Crippen molar-refractivity contribution in [1.82, 2.24) is 14.5 Å². The summed E-state index contributed by atoms with van der Waals surface area (Å²) in [6.07, 6.45) is 1.25. The van der Waals surface area contributed by atoms with Crippen molar-refractivity contribution >= 4 is 28.5 Å². The summed E-state index contributed by atoms with van der Waals surface area (Å²) in [6.45, 7) is 0. The van der Waals surface area contributed by atoms with Gasteiger partial charge in [0.2, 0.25) is 0 Å². The fourth-order valence-electron chi connectivity index (χ4n) is 1.85. The predicted molar refractivity (Wildman–Crippen MR) is 75.7 cm³/mol. The quantitative estimate of drug-likeness (QED) is 0.546. The predicted octanol–water partition coefficient (Wildman–Crippen LogP) is 3.03. The second-order valence-corrected chi connectivity index (χ2v) is 5.14. The highest BCUT2D eigenvalue weighted by atomic mass is 32.2. The first kappa shape index (κ1) is 12.6. The van der Waals surface area contributed by atoms with Crippen molar-refractivity contribution in [2.24, 2.45) is 7.05 Å². The Morgan fingerprint density at radius 3 is 2.70 bits per heavy atom. The van der Waals surface area contributed by atoms with E-state index in [9.17, 15) is 10.1 Å². The zero-order chi connectivity index (χ0) is 14.1. The van der Waals surface area contributed by atoms with Gasteiger partial charge in [0.1, 0.15) is 11.2 Å². The highest BCUT2D eigenvalue weighted by molar-refractivity contribution is 7.99. The monoisotopic (exact) mass is 286 g/mol. The Kier molecular flexibility index (Phi) is 3.11. The summed E-state index contributed by atoms with van der Waals surface area (Å²) >= 11 is 1.38. The summed E-state index contributed by atoms with van der Waals surface area (Å²) in [5, 5.41) is 12.1. The second kappa shape index (κ2) is 4.93. The van der Waals surface area contributed by atoms with Crippen molar-refractivity contribution in [1.29, 1.82) is 0 Å². The molecule has 0 amide bonds. The van der Waals surface area contributed by atoms with E-state index in [0.717, 1.165) is 16.2 Å². The molecule has 0 aliphatic carbocycles. The van der Waals surface area contributed by atoms with E-state index >= 15 is 0 Å². The Morgan fingerprint density at radius 1 is 1.25 bits per heavy atom. The van der Waals surface area contributed by atoms with Gasteiger partial charge in [-0.15, -0.1) is 0 Å². The van der Waals surface area contributed by atoms with Crippen LogP contribution in [-0.2, 0) is 7.05 Å². The normalized spacial score (nSPS) is 10.8. The standard InChI is InChI=1S/C13H10N4O2S/c1-16-11-5-3-2-4-10(11)15-13(16)20-12-7-6-9(8-14-12)17(18)19/h2-8H,1H3. The summed E-state index contributed by atoms with van der Waals surface area (Å²) in [4.78, 5) is 18.7. The van der Waals surface area contributed by atoms with Gasteiger partial charge in [0.05, 0.1) is 16.0 Å². The number of hydrogen-bond donors (Lipinski definition) is 0. The van der Waals surface area contributed by atoms with Crippen molar-refractivity contribution in [3.63, 3.8) is 0 Å². The van der Waals surface area contributed by atoms with E-state index in [1.807, 2.05) is 35.9 Å². The van der Waals surface area contributed by atoms with Gasteiger partial charge in [-0.1, -0.05) is 12.1 Å². The molecule has 0 N–H and O–H groups in total. The first-order valence-corrected chi connectivity index (χ1v) is 6.66. The number of pyridine rings is 1. The van der Waals surface area contributed by atoms with Crippen molar-refractivity contribution in [2.75, 3.05) is 0 Å². The third kappa shape index (κ3) is 2.23. The SMILES string of the molecule is Cn1c(Sc2ccc([N+](=O)[O-])cn2)nc2ccccc21. The van der Waals surface area contributed by atoms with Crippen LogP contribution in [0.2, 0.25) is 0 Å². The Balaban J connectivity index is 1.92. The Labute approximate surface area is 118 Å². The third-order valence-corrected chi connectivity index (χ3v) is 3.87. The van der Waals surface area contributed by atoms with E-state index in [4.69, 9.17) is 0 Å². The van der Waals surface area contributed by atoms with Gasteiger partial charge in [0.15, 0.2) is 5.16 Å². The van der Waals surface area contributed by atoms with E-state index in [1.165, 1.54) is 24.0 Å². The molecule has 1 aromatic carbocycles. The minimum absolute atomic E-state index is 0.0145. The van der Waals surface area contributed by atoms with Crippen molar-refractivity contribution in [3.8, 4) is 0 Å². The number of hydrogen-bond acceptors (Lipinski definition) is 5. The second-order valence-electron chi connectivity index (χ2n) is 4.16. The number of rotatable bonds is 3. The molecule has 0 aliphatic rings. The molecule has 7 heteroatoms. The minimum atomic E-state index is -0.462. The highest BCUT2D eigenvalue weighted by Gasteiger charge is 2.11. The number of aryl methyl sites for hydroxylation is 1. The molecule has 0 saturated carbocycles. The first-order chi connectivity index (χ1) is 9.65. The van der Waals surface area contributed by atoms with Crippen LogP contribution in [0.15, 0.2) is 52.8 Å². The number of nitro groups is 1. The van der Waals surface area contributed by atoms with Gasteiger partial charge in [-0.3, -0.25) is 10.1 Å². The van der Waals surface area contributed by atoms with Gasteiger partial charge >= 0.3 is 0 Å². The van der Waals surface area contributed by atoms with E-state index in [1.54, 1.807) is 6.07 Å². The number of aromatic nitrogens is 3. The fourth-order valence-corrected chi connectivity index (χ4v) is 2.66. The number of nitrogens with zero attached hydrogens (tertiary/aromatic N) is 4. The van der Waals surface area contributed by atoms with E-state index in [-0.39, 0.29) is 5.69 Å². The van der Waals surface area contributed by atoms with Crippen LogP contribution >= 0.6 is 11.8 Å². The summed E-state index contributed by atoms with van der Waals surface area (Å²) in [5.74, 6) is 0. The molecule has 0 fully saturated rings. The molecular weight excluding hydrogens is 276 g/mol. The van der Waals surface area contributed by atoms with E-state index < -0.39 is 4.92 Å². The zero-order valence-electron chi connectivity index (χ0n) is 10.6. The molecule has 100 valence electrons. The van der Waals surface area contributed by atoms with Crippen LogP contribution in [0, 0.1) is 10.1 Å². The van der Waals surface area contributed by atoms with Crippen LogP contribution in [0.25, 0.3) is 11.0 Å². The lowest BCUT2D eigenvalue weighted by Gasteiger charge is -2.01. The molecular formula is C13H10N4O2S. The molecule has 2 aromatic heterocycles. The lowest BCUT2D eigenvalue weighted by Crippen LogP contribution is -1.92. The van der Waals surface area contributed by atoms with Crippen LogP contribution in [0.4, 0.5) is 5.69 Å². The maximum absolute atomic E-state index is 10.6. The average Bonchev–Trinajstić information content (AvgIpc) is 2.77. The molecule has 0 spiro atoms. The molecule has 0 unspecified atom stereocenters. The lowest BCUT2D eigenvalue weighted by atomic mass is 10.3. The van der Waals surface area contributed by atoms with Crippen LogP contribution in [0.5, 0.6) is 0 Å². The third-order valence-electron chi connectivity index (χ3n) is 2.87. The van der Waals surface area contributed by atoms with E-state index in [2.05, 4.69) is 9.97 Å². The number of benzene rings is 1. The van der Waals surface area contributed by atoms with Crippen molar-refractivity contribution < 1.29 is 4.92 Å². The molecule has 2 heterocycles. The van der Waals surface area contributed by atoms with Crippen LogP contribution in [-0.4, -0.2) is 19.5 Å². The molecule has 0 saturated heterocycles. The smallest absolute Gasteiger partial charge is 0.287 e. The molecule has 20 heavy (non-hydrogen) atoms. The topological polar surface area (TPSA) is 73.8 Å². The minimum Gasteiger partial charge on any atom is -0.322 e. The lowest BCUT2D eigenvalue weighted by molar-refractivity contribution is -0.385. The summed E-state index contributed by atoms with van der Waals surface area (Å²) < 4.78 is 1.98. The zero-order valence-corrected chi connectivity index (χ0v) is 11.4. The average molecular weight is 286 g/mol. The summed E-state index contributed by atoms with van der Waals surface area (Å²) in [7, 11) is 1.93. The Morgan fingerprint density at radius 2 is 2.05 bits per heavy atom. The molecule has 0 atom stereocenters. The maximum atomic E-state index is 10.6. The fraction of sp³-hybridized carbons (Fsp3) is 0.0769. The Hall–Kier alpha value is -2.41. The molecule has 3 aromatic rings. The maximum Gasteiger partial charge on any atom is 0.287 e. The molecule has 6 nitrogen and oxygen atoms in total. The highest BCUT2D eigenvalue weighted by Crippen LogP contribution is 2.28. The van der Waals surface area contributed by atoms with Gasteiger partial charge in [0, 0.05) is 13.1 Å².